The minimum absolute atomic E-state index is 0.0113. The summed E-state index contributed by atoms with van der Waals surface area (Å²) in [6.07, 6.45) is 5.38. The number of aryl methyl sites for hydroxylation is 2. The van der Waals surface area contributed by atoms with Crippen molar-refractivity contribution in [3.8, 4) is 22.9 Å². The molecule has 1 aliphatic heterocycles. The molecule has 2 heterocycles. The van der Waals surface area contributed by atoms with Gasteiger partial charge in [0.2, 0.25) is 0 Å². The summed E-state index contributed by atoms with van der Waals surface area (Å²) in [4.78, 5) is 19.3. The number of aromatic hydroxyl groups is 2. The predicted molar refractivity (Wildman–Crippen MR) is 103 cm³/mol. The van der Waals surface area contributed by atoms with E-state index in [4.69, 9.17) is 0 Å². The van der Waals surface area contributed by atoms with Gasteiger partial charge in [0, 0.05) is 42.8 Å². The summed E-state index contributed by atoms with van der Waals surface area (Å²) < 4.78 is 1.96. The highest BCUT2D eigenvalue weighted by molar-refractivity contribution is 6.09. The van der Waals surface area contributed by atoms with Crippen LogP contribution in [0.1, 0.15) is 29.3 Å². The average Bonchev–Trinajstić information content (AvgIpc) is 3.07. The molecule has 0 fully saturated rings. The molecule has 0 saturated carbocycles. The number of hydrogen-bond acceptors (Lipinski definition) is 4. The molecule has 1 aromatic heterocycles. The molecule has 6 heteroatoms. The summed E-state index contributed by atoms with van der Waals surface area (Å²) >= 11 is 0. The van der Waals surface area contributed by atoms with E-state index in [1.165, 1.54) is 18.2 Å². The summed E-state index contributed by atoms with van der Waals surface area (Å²) in [5.74, 6) is 0.316. The number of aromatic nitrogens is 2. The van der Waals surface area contributed by atoms with Crippen LogP contribution < -0.4 is 4.90 Å². The number of imidazole rings is 1. The number of carbonyl (C=O) groups excluding carboxylic acids is 1. The van der Waals surface area contributed by atoms with Crippen molar-refractivity contribution in [1.82, 2.24) is 9.55 Å². The van der Waals surface area contributed by atoms with E-state index in [1.54, 1.807) is 11.1 Å². The first-order chi connectivity index (χ1) is 13.0. The molecule has 3 aromatic rings. The number of fused-ring (bicyclic) bond motifs is 1. The zero-order valence-electron chi connectivity index (χ0n) is 15.3. The Kier molecular flexibility index (Phi) is 4.11. The van der Waals surface area contributed by atoms with Crippen molar-refractivity contribution in [2.24, 2.45) is 7.05 Å². The van der Waals surface area contributed by atoms with Gasteiger partial charge in [0.05, 0.1) is 5.56 Å². The molecule has 0 radical (unpaired) electrons. The molecule has 2 N–H and O–H groups in total. The van der Waals surface area contributed by atoms with Crippen molar-refractivity contribution in [2.75, 3.05) is 4.90 Å². The Morgan fingerprint density at radius 2 is 2.00 bits per heavy atom. The van der Waals surface area contributed by atoms with E-state index in [9.17, 15) is 15.0 Å². The number of phenolic OH excluding ortho intramolecular Hbond substituents is 2. The molecule has 0 saturated heterocycles. The lowest BCUT2D eigenvalue weighted by atomic mass is 9.94. The van der Waals surface area contributed by atoms with Crippen molar-refractivity contribution in [1.29, 1.82) is 0 Å². The van der Waals surface area contributed by atoms with E-state index in [-0.39, 0.29) is 29.0 Å². The third-order valence-electron chi connectivity index (χ3n) is 5.12. The highest BCUT2D eigenvalue weighted by atomic mass is 16.3. The fraction of sp³-hybridized carbons (Fsp3) is 0.238. The number of anilines is 1. The molecule has 0 spiro atoms. The van der Waals surface area contributed by atoms with E-state index in [2.05, 4.69) is 11.1 Å². The number of benzene rings is 2. The molecule has 27 heavy (non-hydrogen) atoms. The van der Waals surface area contributed by atoms with Crippen LogP contribution in [0.4, 0.5) is 5.69 Å². The standard InChI is InChI=1S/C21H21N3O3/c1-13-3-4-14-11-15(20-22-9-10-23(20)2)5-8-18(14)24(13)21(27)17-7-6-16(25)12-19(17)26/h5-13,25-26H,3-4H2,1-2H3. The first-order valence-corrected chi connectivity index (χ1v) is 8.92. The maximum atomic E-state index is 13.1. The highest BCUT2D eigenvalue weighted by Gasteiger charge is 2.30. The normalized spacial score (nSPS) is 16.2. The van der Waals surface area contributed by atoms with Crippen molar-refractivity contribution in [3.05, 3.63) is 59.9 Å². The molecular weight excluding hydrogens is 342 g/mol. The summed E-state index contributed by atoms with van der Waals surface area (Å²) in [5, 5.41) is 19.6. The quantitative estimate of drug-likeness (QED) is 0.731. The Balaban J connectivity index is 1.75. The maximum absolute atomic E-state index is 13.1. The van der Waals surface area contributed by atoms with E-state index in [0.29, 0.717) is 0 Å². The third kappa shape index (κ3) is 2.93. The summed E-state index contributed by atoms with van der Waals surface area (Å²) in [7, 11) is 1.95. The van der Waals surface area contributed by atoms with Gasteiger partial charge in [0.1, 0.15) is 17.3 Å². The third-order valence-corrected chi connectivity index (χ3v) is 5.12. The van der Waals surface area contributed by atoms with Crippen molar-refractivity contribution < 1.29 is 15.0 Å². The van der Waals surface area contributed by atoms with E-state index < -0.39 is 0 Å². The second kappa shape index (κ2) is 6.46. The van der Waals surface area contributed by atoms with Gasteiger partial charge in [-0.15, -0.1) is 0 Å². The van der Waals surface area contributed by atoms with Crippen molar-refractivity contribution >= 4 is 11.6 Å². The number of amides is 1. The fourth-order valence-electron chi connectivity index (χ4n) is 3.67. The van der Waals surface area contributed by atoms with Gasteiger partial charge in [-0.2, -0.15) is 0 Å². The number of nitrogens with zero attached hydrogens (tertiary/aromatic N) is 3. The molecule has 2 aromatic carbocycles. The van der Waals surface area contributed by atoms with Gasteiger partial charge < -0.3 is 19.7 Å². The van der Waals surface area contributed by atoms with Crippen LogP contribution in [-0.4, -0.2) is 31.7 Å². The molecule has 138 valence electrons. The summed E-state index contributed by atoms with van der Waals surface area (Å²) in [5.41, 5.74) is 3.13. The Labute approximate surface area is 157 Å². The SMILES string of the molecule is CC1CCc2cc(-c3nccn3C)ccc2N1C(=O)c1ccc(O)cc1O. The van der Waals surface area contributed by atoms with Crippen LogP contribution in [0.15, 0.2) is 48.8 Å². The first kappa shape index (κ1) is 17.1. The zero-order chi connectivity index (χ0) is 19.1. The van der Waals surface area contributed by atoms with Crippen LogP contribution in [-0.2, 0) is 13.5 Å². The molecule has 0 aliphatic carbocycles. The second-order valence-electron chi connectivity index (χ2n) is 6.97. The molecular formula is C21H21N3O3. The van der Waals surface area contributed by atoms with Crippen LogP contribution in [0.5, 0.6) is 11.5 Å². The van der Waals surface area contributed by atoms with E-state index in [0.717, 1.165) is 35.5 Å². The molecule has 0 bridgehead atoms. The fourth-order valence-corrected chi connectivity index (χ4v) is 3.67. The van der Waals surface area contributed by atoms with Crippen molar-refractivity contribution in [3.63, 3.8) is 0 Å². The van der Waals surface area contributed by atoms with Gasteiger partial charge in [-0.05, 0) is 55.7 Å². The van der Waals surface area contributed by atoms with Crippen LogP contribution in [0.25, 0.3) is 11.4 Å². The van der Waals surface area contributed by atoms with Gasteiger partial charge in [0.15, 0.2) is 0 Å². The lowest BCUT2D eigenvalue weighted by molar-refractivity contribution is 0.0972. The molecule has 1 unspecified atom stereocenters. The predicted octanol–water partition coefficient (Wildman–Crippen LogP) is 3.48. The van der Waals surface area contributed by atoms with Gasteiger partial charge in [0.25, 0.3) is 5.91 Å². The number of rotatable bonds is 2. The molecule has 6 nitrogen and oxygen atoms in total. The van der Waals surface area contributed by atoms with Gasteiger partial charge in [-0.3, -0.25) is 4.79 Å². The van der Waals surface area contributed by atoms with Gasteiger partial charge >= 0.3 is 0 Å². The lowest BCUT2D eigenvalue weighted by Crippen LogP contribution is -2.42. The minimum atomic E-state index is -0.273. The molecule has 1 atom stereocenters. The molecule has 1 aliphatic rings. The largest absolute Gasteiger partial charge is 0.508 e. The molecule has 4 rings (SSSR count). The zero-order valence-corrected chi connectivity index (χ0v) is 15.3. The van der Waals surface area contributed by atoms with Gasteiger partial charge in [-0.1, -0.05) is 0 Å². The van der Waals surface area contributed by atoms with Gasteiger partial charge in [-0.25, -0.2) is 4.98 Å². The van der Waals surface area contributed by atoms with Crippen LogP contribution in [0, 0.1) is 0 Å². The number of phenols is 2. The van der Waals surface area contributed by atoms with E-state index in [1.807, 2.05) is 36.9 Å². The smallest absolute Gasteiger partial charge is 0.262 e. The number of carbonyl (C=O) groups is 1. The summed E-state index contributed by atoms with van der Waals surface area (Å²) in [6.45, 7) is 2.00. The molecule has 1 amide bonds. The Hall–Kier alpha value is -3.28. The summed E-state index contributed by atoms with van der Waals surface area (Å²) in [6, 6.07) is 10.1. The van der Waals surface area contributed by atoms with Crippen LogP contribution >= 0.6 is 0 Å². The Bertz CT molecular complexity index is 1030. The minimum Gasteiger partial charge on any atom is -0.508 e. The second-order valence-corrected chi connectivity index (χ2v) is 6.97. The van der Waals surface area contributed by atoms with Crippen LogP contribution in [0.2, 0.25) is 0 Å². The van der Waals surface area contributed by atoms with Crippen molar-refractivity contribution in [2.45, 2.75) is 25.8 Å². The Morgan fingerprint density at radius 1 is 1.19 bits per heavy atom. The first-order valence-electron chi connectivity index (χ1n) is 8.92. The Morgan fingerprint density at radius 3 is 2.70 bits per heavy atom. The maximum Gasteiger partial charge on any atom is 0.262 e. The average molecular weight is 363 g/mol. The topological polar surface area (TPSA) is 78.6 Å². The monoisotopic (exact) mass is 363 g/mol. The van der Waals surface area contributed by atoms with Crippen LogP contribution in [0.3, 0.4) is 0 Å². The van der Waals surface area contributed by atoms with E-state index >= 15 is 0 Å². The lowest BCUT2D eigenvalue weighted by Gasteiger charge is -2.35. The highest BCUT2D eigenvalue weighted by Crippen LogP contribution is 2.36. The number of hydrogen-bond donors (Lipinski definition) is 2.